The van der Waals surface area contributed by atoms with E-state index in [2.05, 4.69) is 6.92 Å². The van der Waals surface area contributed by atoms with Crippen molar-refractivity contribution < 1.29 is 4.79 Å². The van der Waals surface area contributed by atoms with Gasteiger partial charge < -0.3 is 5.73 Å². The van der Waals surface area contributed by atoms with Gasteiger partial charge in [-0.25, -0.2) is 0 Å². The molecule has 1 rings (SSSR count). The molecule has 0 bridgehead atoms. The van der Waals surface area contributed by atoms with Gasteiger partial charge in [-0.05, 0) is 32.6 Å². The number of hydrogen-bond donors (Lipinski definition) is 1. The molecule has 0 aromatic carbocycles. The van der Waals surface area contributed by atoms with E-state index < -0.39 is 0 Å². The molecule has 2 nitrogen and oxygen atoms in total. The molecule has 1 aliphatic carbocycles. The van der Waals surface area contributed by atoms with Gasteiger partial charge in [-0.3, -0.25) is 4.79 Å². The fourth-order valence-corrected chi connectivity index (χ4v) is 1.98. The van der Waals surface area contributed by atoms with Crippen molar-refractivity contribution in [3.05, 3.63) is 0 Å². The molecule has 1 aliphatic rings. The summed E-state index contributed by atoms with van der Waals surface area (Å²) < 4.78 is 0. The van der Waals surface area contributed by atoms with Crippen LogP contribution < -0.4 is 5.73 Å². The van der Waals surface area contributed by atoms with Gasteiger partial charge in [0.2, 0.25) is 0 Å². The second-order valence-electron chi connectivity index (χ2n) is 4.84. The summed E-state index contributed by atoms with van der Waals surface area (Å²) in [7, 11) is 0. The second-order valence-corrected chi connectivity index (χ2v) is 4.84. The van der Waals surface area contributed by atoms with Crippen molar-refractivity contribution in [1.29, 1.82) is 0 Å². The molecule has 1 fully saturated rings. The van der Waals surface area contributed by atoms with Gasteiger partial charge in [0.05, 0.1) is 0 Å². The standard InChI is InChI=1S/C12H23NO/c1-9(5-3-6-10(2)13)12(14)11-7-4-8-11/h9-11H,3-8,13H2,1-2H3. The molecular formula is C12H23NO. The molecule has 0 radical (unpaired) electrons. The zero-order valence-electron chi connectivity index (χ0n) is 9.46. The van der Waals surface area contributed by atoms with Crippen LogP contribution in [0, 0.1) is 11.8 Å². The maximum Gasteiger partial charge on any atom is 0.138 e. The Hall–Kier alpha value is -0.370. The van der Waals surface area contributed by atoms with E-state index >= 15 is 0 Å². The zero-order chi connectivity index (χ0) is 10.6. The smallest absolute Gasteiger partial charge is 0.138 e. The summed E-state index contributed by atoms with van der Waals surface area (Å²) in [6, 6.07) is 0.279. The molecule has 0 aromatic heterocycles. The first-order valence-electron chi connectivity index (χ1n) is 5.90. The fraction of sp³-hybridized carbons (Fsp3) is 0.917. The van der Waals surface area contributed by atoms with Crippen LogP contribution in [-0.2, 0) is 4.79 Å². The van der Waals surface area contributed by atoms with E-state index in [0.717, 1.165) is 32.1 Å². The minimum absolute atomic E-state index is 0.263. The molecule has 1 saturated carbocycles. The van der Waals surface area contributed by atoms with Gasteiger partial charge in [0.15, 0.2) is 0 Å². The molecular weight excluding hydrogens is 174 g/mol. The summed E-state index contributed by atoms with van der Waals surface area (Å²) in [5.41, 5.74) is 5.67. The number of carbonyl (C=O) groups is 1. The van der Waals surface area contributed by atoms with Crippen LogP contribution in [0.15, 0.2) is 0 Å². The Kier molecular flexibility index (Phi) is 4.59. The van der Waals surface area contributed by atoms with Crippen molar-refractivity contribution in [3.63, 3.8) is 0 Å². The third kappa shape index (κ3) is 3.41. The van der Waals surface area contributed by atoms with Crippen molar-refractivity contribution in [1.82, 2.24) is 0 Å². The van der Waals surface area contributed by atoms with E-state index in [4.69, 9.17) is 5.73 Å². The lowest BCUT2D eigenvalue weighted by atomic mass is 9.77. The van der Waals surface area contributed by atoms with Crippen molar-refractivity contribution in [3.8, 4) is 0 Å². The lowest BCUT2D eigenvalue weighted by molar-refractivity contribution is -0.128. The predicted octanol–water partition coefficient (Wildman–Crippen LogP) is 2.51. The molecule has 0 aromatic rings. The fourth-order valence-electron chi connectivity index (χ4n) is 1.98. The number of hydrogen-bond acceptors (Lipinski definition) is 2. The molecule has 82 valence electrons. The first kappa shape index (κ1) is 11.7. The molecule has 2 atom stereocenters. The van der Waals surface area contributed by atoms with Gasteiger partial charge in [0.25, 0.3) is 0 Å². The Morgan fingerprint density at radius 3 is 2.43 bits per heavy atom. The van der Waals surface area contributed by atoms with Crippen LogP contribution in [0.4, 0.5) is 0 Å². The van der Waals surface area contributed by atoms with Gasteiger partial charge in [-0.1, -0.05) is 19.8 Å². The van der Waals surface area contributed by atoms with Gasteiger partial charge in [0, 0.05) is 17.9 Å². The van der Waals surface area contributed by atoms with E-state index in [-0.39, 0.29) is 12.0 Å². The van der Waals surface area contributed by atoms with E-state index in [1.807, 2.05) is 6.92 Å². The SMILES string of the molecule is CC(N)CCCC(C)C(=O)C1CCC1. The van der Waals surface area contributed by atoms with Crippen molar-refractivity contribution in [2.75, 3.05) is 0 Å². The van der Waals surface area contributed by atoms with E-state index in [0.29, 0.717) is 11.7 Å². The van der Waals surface area contributed by atoms with Crippen LogP contribution in [0.2, 0.25) is 0 Å². The van der Waals surface area contributed by atoms with Crippen LogP contribution in [0.1, 0.15) is 52.4 Å². The van der Waals surface area contributed by atoms with Gasteiger partial charge in [-0.15, -0.1) is 0 Å². The highest BCUT2D eigenvalue weighted by molar-refractivity contribution is 5.83. The lowest BCUT2D eigenvalue weighted by Crippen LogP contribution is -2.27. The van der Waals surface area contributed by atoms with Crippen LogP contribution in [0.5, 0.6) is 0 Å². The molecule has 14 heavy (non-hydrogen) atoms. The third-order valence-corrected chi connectivity index (χ3v) is 3.29. The number of Topliss-reactive ketones (excluding diaryl/α,β-unsaturated/α-hetero) is 1. The summed E-state index contributed by atoms with van der Waals surface area (Å²) in [6.07, 6.45) is 6.69. The van der Waals surface area contributed by atoms with Crippen LogP contribution >= 0.6 is 0 Å². The summed E-state index contributed by atoms with van der Waals surface area (Å²) in [5, 5.41) is 0. The highest BCUT2D eigenvalue weighted by Crippen LogP contribution is 2.30. The Morgan fingerprint density at radius 2 is 2.00 bits per heavy atom. The molecule has 0 saturated heterocycles. The van der Waals surface area contributed by atoms with Crippen molar-refractivity contribution in [2.24, 2.45) is 17.6 Å². The highest BCUT2D eigenvalue weighted by atomic mass is 16.1. The molecule has 0 spiro atoms. The Morgan fingerprint density at radius 1 is 1.36 bits per heavy atom. The molecule has 2 heteroatoms. The Bertz CT molecular complexity index is 185. The first-order chi connectivity index (χ1) is 6.61. The summed E-state index contributed by atoms with van der Waals surface area (Å²) in [4.78, 5) is 11.8. The monoisotopic (exact) mass is 197 g/mol. The van der Waals surface area contributed by atoms with Gasteiger partial charge >= 0.3 is 0 Å². The minimum atomic E-state index is 0.263. The average molecular weight is 197 g/mol. The Balaban J connectivity index is 2.13. The highest BCUT2D eigenvalue weighted by Gasteiger charge is 2.28. The van der Waals surface area contributed by atoms with Crippen LogP contribution in [0.25, 0.3) is 0 Å². The maximum atomic E-state index is 11.8. The molecule has 2 unspecified atom stereocenters. The molecule has 2 N–H and O–H groups in total. The zero-order valence-corrected chi connectivity index (χ0v) is 9.46. The average Bonchev–Trinajstić information content (AvgIpc) is 2.00. The molecule has 0 aliphatic heterocycles. The minimum Gasteiger partial charge on any atom is -0.328 e. The summed E-state index contributed by atoms with van der Waals surface area (Å²) in [5.74, 6) is 1.17. The summed E-state index contributed by atoms with van der Waals surface area (Å²) >= 11 is 0. The topological polar surface area (TPSA) is 43.1 Å². The third-order valence-electron chi connectivity index (χ3n) is 3.29. The molecule has 0 amide bonds. The van der Waals surface area contributed by atoms with E-state index in [1.54, 1.807) is 0 Å². The second kappa shape index (κ2) is 5.50. The van der Waals surface area contributed by atoms with Crippen LogP contribution in [0.3, 0.4) is 0 Å². The van der Waals surface area contributed by atoms with Gasteiger partial charge in [-0.2, -0.15) is 0 Å². The van der Waals surface area contributed by atoms with Crippen molar-refractivity contribution in [2.45, 2.75) is 58.4 Å². The van der Waals surface area contributed by atoms with Crippen LogP contribution in [-0.4, -0.2) is 11.8 Å². The van der Waals surface area contributed by atoms with E-state index in [1.165, 1.54) is 6.42 Å². The maximum absolute atomic E-state index is 11.8. The van der Waals surface area contributed by atoms with Gasteiger partial charge in [0.1, 0.15) is 5.78 Å². The van der Waals surface area contributed by atoms with E-state index in [9.17, 15) is 4.79 Å². The number of carbonyl (C=O) groups excluding carboxylic acids is 1. The lowest BCUT2D eigenvalue weighted by Gasteiger charge is -2.26. The largest absolute Gasteiger partial charge is 0.328 e. The first-order valence-corrected chi connectivity index (χ1v) is 5.90. The Labute approximate surface area is 87.2 Å². The predicted molar refractivity (Wildman–Crippen MR) is 59.0 cm³/mol. The summed E-state index contributed by atoms with van der Waals surface area (Å²) in [6.45, 7) is 4.10. The number of rotatable bonds is 6. The molecule has 0 heterocycles. The number of ketones is 1. The quantitative estimate of drug-likeness (QED) is 0.711. The van der Waals surface area contributed by atoms with Crippen molar-refractivity contribution >= 4 is 5.78 Å². The number of nitrogens with two attached hydrogens (primary N) is 1. The normalized spacial score (nSPS) is 21.4.